The molecule has 0 amide bonds. The van der Waals surface area contributed by atoms with Crippen molar-refractivity contribution in [1.29, 1.82) is 0 Å². The summed E-state index contributed by atoms with van der Waals surface area (Å²) in [5.41, 5.74) is 0. The van der Waals surface area contributed by atoms with Gasteiger partial charge in [0, 0.05) is 18.0 Å². The number of ether oxygens (including phenoxy) is 1. The van der Waals surface area contributed by atoms with Crippen LogP contribution in [0.15, 0.2) is 23.1 Å². The van der Waals surface area contributed by atoms with Crippen LogP contribution in [0, 0.1) is 0 Å². The van der Waals surface area contributed by atoms with Crippen molar-refractivity contribution in [3.05, 3.63) is 28.2 Å². The number of esters is 1. The maximum atomic E-state index is 12.0. The molecule has 20 heavy (non-hydrogen) atoms. The summed E-state index contributed by atoms with van der Waals surface area (Å²) in [5.74, 6) is -0.354. The van der Waals surface area contributed by atoms with Crippen LogP contribution in [0.4, 0.5) is 0 Å². The maximum Gasteiger partial charge on any atom is 0.305 e. The Labute approximate surface area is 128 Å². The van der Waals surface area contributed by atoms with E-state index in [1.54, 1.807) is 6.92 Å². The van der Waals surface area contributed by atoms with Crippen molar-refractivity contribution in [2.75, 3.05) is 13.2 Å². The lowest BCUT2D eigenvalue weighted by Gasteiger charge is -2.08. The molecule has 0 aliphatic rings. The highest BCUT2D eigenvalue weighted by molar-refractivity contribution is 7.89. The van der Waals surface area contributed by atoms with E-state index >= 15 is 0 Å². The minimum Gasteiger partial charge on any atom is -0.466 e. The van der Waals surface area contributed by atoms with Gasteiger partial charge in [0.1, 0.15) is 4.90 Å². The summed E-state index contributed by atoms with van der Waals surface area (Å²) in [6, 6.07) is 4.19. The van der Waals surface area contributed by atoms with Crippen LogP contribution >= 0.6 is 23.2 Å². The van der Waals surface area contributed by atoms with Gasteiger partial charge in [-0.3, -0.25) is 4.79 Å². The van der Waals surface area contributed by atoms with E-state index in [9.17, 15) is 13.2 Å². The van der Waals surface area contributed by atoms with E-state index in [1.165, 1.54) is 18.2 Å². The first-order chi connectivity index (χ1) is 9.36. The van der Waals surface area contributed by atoms with Gasteiger partial charge in [-0.15, -0.1) is 0 Å². The second-order valence-corrected chi connectivity index (χ2v) is 6.46. The van der Waals surface area contributed by atoms with Crippen LogP contribution in [-0.4, -0.2) is 27.5 Å². The fraction of sp³-hybridized carbons (Fsp3) is 0.417. The van der Waals surface area contributed by atoms with Crippen molar-refractivity contribution in [1.82, 2.24) is 4.72 Å². The Kier molecular flexibility index (Phi) is 6.75. The molecule has 1 aromatic rings. The molecule has 0 unspecified atom stereocenters. The molecule has 0 aliphatic carbocycles. The number of hydrogen-bond donors (Lipinski definition) is 1. The molecular weight excluding hydrogens is 325 g/mol. The molecule has 0 aromatic heterocycles. The largest absolute Gasteiger partial charge is 0.466 e. The van der Waals surface area contributed by atoms with Gasteiger partial charge in [-0.2, -0.15) is 0 Å². The summed E-state index contributed by atoms with van der Waals surface area (Å²) >= 11 is 11.6. The first kappa shape index (κ1) is 17.2. The van der Waals surface area contributed by atoms with Gasteiger partial charge in [-0.1, -0.05) is 23.2 Å². The summed E-state index contributed by atoms with van der Waals surface area (Å²) in [6.45, 7) is 2.13. The van der Waals surface area contributed by atoms with Crippen LogP contribution < -0.4 is 4.72 Å². The van der Waals surface area contributed by atoms with Crippen molar-refractivity contribution >= 4 is 39.2 Å². The smallest absolute Gasteiger partial charge is 0.305 e. The molecule has 0 spiro atoms. The number of rotatable bonds is 7. The highest BCUT2D eigenvalue weighted by Crippen LogP contribution is 2.24. The molecule has 0 radical (unpaired) electrons. The molecule has 8 heteroatoms. The zero-order valence-electron chi connectivity index (χ0n) is 10.9. The summed E-state index contributed by atoms with van der Waals surface area (Å²) < 4.78 is 31.1. The molecule has 1 N–H and O–H groups in total. The van der Waals surface area contributed by atoms with Crippen molar-refractivity contribution in [2.45, 2.75) is 24.7 Å². The Morgan fingerprint density at radius 3 is 2.70 bits per heavy atom. The van der Waals surface area contributed by atoms with Crippen LogP contribution in [0.2, 0.25) is 10.0 Å². The lowest BCUT2D eigenvalue weighted by molar-refractivity contribution is -0.143. The summed E-state index contributed by atoms with van der Waals surface area (Å²) in [5, 5.41) is 0.369. The minimum atomic E-state index is -3.74. The Morgan fingerprint density at radius 2 is 2.05 bits per heavy atom. The van der Waals surface area contributed by atoms with E-state index in [-0.39, 0.29) is 33.9 Å². The lowest BCUT2D eigenvalue weighted by Crippen LogP contribution is -2.25. The number of carbonyl (C=O) groups is 1. The summed E-state index contributed by atoms with van der Waals surface area (Å²) in [6.07, 6.45) is 0.496. The molecule has 0 bridgehead atoms. The van der Waals surface area contributed by atoms with Crippen LogP contribution in [0.25, 0.3) is 0 Å². The third-order valence-electron chi connectivity index (χ3n) is 2.34. The molecule has 0 aliphatic heterocycles. The second kappa shape index (κ2) is 7.83. The van der Waals surface area contributed by atoms with Crippen molar-refractivity contribution in [2.24, 2.45) is 0 Å². The SMILES string of the molecule is CCOC(=O)CCCNS(=O)(=O)c1cc(Cl)ccc1Cl. The molecule has 0 saturated carbocycles. The Balaban J connectivity index is 2.58. The standard InChI is InChI=1S/C12H15Cl2NO4S/c1-2-19-12(16)4-3-7-15-20(17,18)11-8-9(13)5-6-10(11)14/h5-6,8,15H,2-4,7H2,1H3. The number of hydrogen-bond acceptors (Lipinski definition) is 4. The van der Waals surface area contributed by atoms with Gasteiger partial charge in [0.25, 0.3) is 0 Å². The summed E-state index contributed by atoms with van der Waals surface area (Å²) in [7, 11) is -3.74. The number of benzene rings is 1. The highest BCUT2D eigenvalue weighted by Gasteiger charge is 2.18. The van der Waals surface area contributed by atoms with Crippen LogP contribution in [0.5, 0.6) is 0 Å². The van der Waals surface area contributed by atoms with E-state index in [0.717, 1.165) is 0 Å². The number of sulfonamides is 1. The summed E-state index contributed by atoms with van der Waals surface area (Å²) in [4.78, 5) is 11.0. The van der Waals surface area contributed by atoms with E-state index < -0.39 is 10.0 Å². The molecule has 1 aromatic carbocycles. The zero-order valence-corrected chi connectivity index (χ0v) is 13.2. The van der Waals surface area contributed by atoms with Gasteiger partial charge in [-0.25, -0.2) is 13.1 Å². The van der Waals surface area contributed by atoms with Gasteiger partial charge in [0.2, 0.25) is 10.0 Å². The van der Waals surface area contributed by atoms with Gasteiger partial charge >= 0.3 is 5.97 Å². The molecule has 0 atom stereocenters. The second-order valence-electron chi connectivity index (χ2n) is 3.88. The van der Waals surface area contributed by atoms with Crippen molar-refractivity contribution in [3.63, 3.8) is 0 Å². The topological polar surface area (TPSA) is 72.5 Å². The maximum absolute atomic E-state index is 12.0. The minimum absolute atomic E-state index is 0.0807. The lowest BCUT2D eigenvalue weighted by atomic mass is 10.3. The van der Waals surface area contributed by atoms with E-state index in [1.807, 2.05) is 0 Å². The Morgan fingerprint density at radius 1 is 1.35 bits per heavy atom. The first-order valence-electron chi connectivity index (χ1n) is 5.97. The van der Waals surface area contributed by atoms with E-state index in [4.69, 9.17) is 27.9 Å². The quantitative estimate of drug-likeness (QED) is 0.612. The molecule has 0 heterocycles. The predicted molar refractivity (Wildman–Crippen MR) is 77.5 cm³/mol. The monoisotopic (exact) mass is 339 g/mol. The first-order valence-corrected chi connectivity index (χ1v) is 8.21. The Hall–Kier alpha value is -0.820. The van der Waals surface area contributed by atoms with Gasteiger partial charge in [0.15, 0.2) is 0 Å². The van der Waals surface area contributed by atoms with Crippen LogP contribution in [0.3, 0.4) is 0 Å². The van der Waals surface area contributed by atoms with Gasteiger partial charge in [0.05, 0.1) is 11.6 Å². The molecule has 1 rings (SSSR count). The number of carbonyl (C=O) groups excluding carboxylic acids is 1. The molecule has 0 fully saturated rings. The highest BCUT2D eigenvalue weighted by atomic mass is 35.5. The van der Waals surface area contributed by atoms with Crippen molar-refractivity contribution < 1.29 is 17.9 Å². The Bertz CT molecular complexity index is 575. The predicted octanol–water partition coefficient (Wildman–Crippen LogP) is 2.62. The molecular formula is C12H15Cl2NO4S. The average Bonchev–Trinajstić information content (AvgIpc) is 2.38. The van der Waals surface area contributed by atoms with Gasteiger partial charge < -0.3 is 4.74 Å². The molecule has 0 saturated heterocycles. The fourth-order valence-corrected chi connectivity index (χ4v) is 3.27. The molecule has 112 valence electrons. The molecule has 5 nitrogen and oxygen atoms in total. The third-order valence-corrected chi connectivity index (χ3v) is 4.52. The van der Waals surface area contributed by atoms with E-state index in [0.29, 0.717) is 13.0 Å². The van der Waals surface area contributed by atoms with E-state index in [2.05, 4.69) is 4.72 Å². The zero-order chi connectivity index (χ0) is 15.2. The third kappa shape index (κ3) is 5.28. The van der Waals surface area contributed by atoms with Crippen LogP contribution in [0.1, 0.15) is 19.8 Å². The number of halogens is 2. The fourth-order valence-electron chi connectivity index (χ4n) is 1.43. The van der Waals surface area contributed by atoms with Crippen molar-refractivity contribution in [3.8, 4) is 0 Å². The van der Waals surface area contributed by atoms with Crippen LogP contribution in [-0.2, 0) is 19.6 Å². The average molecular weight is 340 g/mol. The van der Waals surface area contributed by atoms with Gasteiger partial charge in [-0.05, 0) is 31.5 Å². The normalized spacial score (nSPS) is 11.3. The number of nitrogens with one attached hydrogen (secondary N) is 1.